The van der Waals surface area contributed by atoms with E-state index in [1.54, 1.807) is 0 Å². The minimum atomic E-state index is -0.0888. The number of carbonyl (C=O) groups excluding carboxylic acids is 1. The zero-order chi connectivity index (χ0) is 12.0. The summed E-state index contributed by atoms with van der Waals surface area (Å²) in [4.78, 5) is 11.6. The molecule has 3 N–H and O–H groups in total. The molecule has 1 aliphatic heterocycles. The molecule has 0 radical (unpaired) electrons. The van der Waals surface area contributed by atoms with Crippen molar-refractivity contribution >= 4 is 5.91 Å². The van der Waals surface area contributed by atoms with Crippen LogP contribution >= 0.6 is 0 Å². The maximum atomic E-state index is 11.6. The molecule has 0 aromatic carbocycles. The second-order valence-electron chi connectivity index (χ2n) is 4.41. The lowest BCUT2D eigenvalue weighted by molar-refractivity contribution is -0.133. The molecule has 0 bridgehead atoms. The van der Waals surface area contributed by atoms with Gasteiger partial charge in [0.15, 0.2) is 0 Å². The number of hydrogen-bond acceptors (Lipinski definition) is 4. The Kier molecular flexibility index (Phi) is 5.73. The molecule has 0 aromatic heterocycles. The number of rotatable bonds is 5. The van der Waals surface area contributed by atoms with Gasteiger partial charge in [-0.3, -0.25) is 10.2 Å². The minimum Gasteiger partial charge on any atom is -0.370 e. The van der Waals surface area contributed by atoms with E-state index in [2.05, 4.69) is 19.3 Å². The molecule has 0 spiro atoms. The van der Waals surface area contributed by atoms with Gasteiger partial charge in [0.1, 0.15) is 6.61 Å². The Bertz CT molecular complexity index is 213. The topological polar surface area (TPSA) is 67.6 Å². The monoisotopic (exact) mass is 229 g/mol. The number of carbonyl (C=O) groups is 1. The fraction of sp³-hybridized carbons (Fsp3) is 0.909. The Morgan fingerprint density at radius 3 is 2.62 bits per heavy atom. The van der Waals surface area contributed by atoms with Crippen LogP contribution in [0.5, 0.6) is 0 Å². The fourth-order valence-corrected chi connectivity index (χ4v) is 2.07. The molecule has 0 aliphatic carbocycles. The number of hydrazine groups is 1. The second-order valence-corrected chi connectivity index (χ2v) is 4.41. The van der Waals surface area contributed by atoms with Crippen molar-refractivity contribution < 1.29 is 9.53 Å². The van der Waals surface area contributed by atoms with Gasteiger partial charge in [-0.25, -0.2) is 5.01 Å². The van der Waals surface area contributed by atoms with Gasteiger partial charge >= 0.3 is 0 Å². The Hall–Kier alpha value is -0.650. The zero-order valence-corrected chi connectivity index (χ0v) is 10.2. The van der Waals surface area contributed by atoms with Crippen LogP contribution < -0.4 is 11.2 Å². The van der Waals surface area contributed by atoms with Crippen LogP contribution in [-0.2, 0) is 9.53 Å². The van der Waals surface area contributed by atoms with Crippen LogP contribution in [0, 0.1) is 0 Å². The molecule has 0 aromatic rings. The smallest absolute Gasteiger partial charge is 0.260 e. The highest BCUT2D eigenvalue weighted by Gasteiger charge is 2.25. The Balaban J connectivity index is 2.30. The molecular formula is C11H23N3O2. The number of piperidine rings is 1. The highest BCUT2D eigenvalue weighted by Crippen LogP contribution is 2.19. The highest BCUT2D eigenvalue weighted by atomic mass is 16.5. The first-order chi connectivity index (χ1) is 7.65. The van der Waals surface area contributed by atoms with Gasteiger partial charge in [0.2, 0.25) is 0 Å². The van der Waals surface area contributed by atoms with Crippen LogP contribution in [0.25, 0.3) is 0 Å². The third kappa shape index (κ3) is 4.08. The van der Waals surface area contributed by atoms with Gasteiger partial charge < -0.3 is 10.5 Å². The van der Waals surface area contributed by atoms with Crippen LogP contribution in [0.4, 0.5) is 0 Å². The van der Waals surface area contributed by atoms with Gasteiger partial charge in [0.05, 0.1) is 6.61 Å². The van der Waals surface area contributed by atoms with Gasteiger partial charge in [-0.15, -0.1) is 0 Å². The summed E-state index contributed by atoms with van der Waals surface area (Å²) in [5, 5.41) is 2.04. The van der Waals surface area contributed by atoms with Crippen molar-refractivity contribution in [2.45, 2.75) is 45.2 Å². The van der Waals surface area contributed by atoms with E-state index in [9.17, 15) is 4.79 Å². The fourth-order valence-electron chi connectivity index (χ4n) is 2.07. The third-order valence-corrected chi connectivity index (χ3v) is 2.94. The van der Waals surface area contributed by atoms with Gasteiger partial charge in [0.25, 0.3) is 5.91 Å². The van der Waals surface area contributed by atoms with Crippen molar-refractivity contribution in [2.24, 2.45) is 5.73 Å². The Morgan fingerprint density at radius 2 is 2.06 bits per heavy atom. The van der Waals surface area contributed by atoms with E-state index in [-0.39, 0.29) is 12.5 Å². The van der Waals surface area contributed by atoms with Gasteiger partial charge in [-0.05, 0) is 26.7 Å². The molecule has 1 fully saturated rings. The molecule has 1 amide bonds. The molecule has 94 valence electrons. The average Bonchev–Trinajstić information content (AvgIpc) is 2.24. The standard InChI is InChI=1S/C11H23N3O2/c1-9-4-3-5-10(2)14(9)13-11(15)8-16-7-6-12/h9-10H,3-8,12H2,1-2H3,(H,13,15). The van der Waals surface area contributed by atoms with Gasteiger partial charge in [0, 0.05) is 18.6 Å². The first-order valence-electron chi connectivity index (χ1n) is 6.00. The zero-order valence-electron chi connectivity index (χ0n) is 10.2. The molecule has 1 saturated heterocycles. The number of nitrogens with two attached hydrogens (primary N) is 1. The van der Waals surface area contributed by atoms with Crippen molar-refractivity contribution in [3.05, 3.63) is 0 Å². The van der Waals surface area contributed by atoms with Crippen LogP contribution in [0.15, 0.2) is 0 Å². The lowest BCUT2D eigenvalue weighted by Gasteiger charge is -2.38. The first kappa shape index (κ1) is 13.4. The second kappa shape index (κ2) is 6.83. The van der Waals surface area contributed by atoms with Gasteiger partial charge in [-0.2, -0.15) is 0 Å². The highest BCUT2D eigenvalue weighted by molar-refractivity contribution is 5.76. The van der Waals surface area contributed by atoms with Crippen LogP contribution in [0.2, 0.25) is 0 Å². The van der Waals surface area contributed by atoms with Crippen LogP contribution in [0.1, 0.15) is 33.1 Å². The average molecular weight is 229 g/mol. The normalized spacial score (nSPS) is 26.7. The van der Waals surface area contributed by atoms with Crippen molar-refractivity contribution in [3.63, 3.8) is 0 Å². The molecule has 1 heterocycles. The van der Waals surface area contributed by atoms with E-state index >= 15 is 0 Å². The maximum Gasteiger partial charge on any atom is 0.260 e. The maximum absolute atomic E-state index is 11.6. The van der Waals surface area contributed by atoms with E-state index in [4.69, 9.17) is 10.5 Å². The molecule has 16 heavy (non-hydrogen) atoms. The van der Waals surface area contributed by atoms with E-state index in [0.29, 0.717) is 25.2 Å². The minimum absolute atomic E-state index is 0.0888. The number of ether oxygens (including phenoxy) is 1. The quantitative estimate of drug-likeness (QED) is 0.663. The molecule has 2 unspecified atom stereocenters. The lowest BCUT2D eigenvalue weighted by atomic mass is 10.00. The van der Waals surface area contributed by atoms with Crippen molar-refractivity contribution in [3.8, 4) is 0 Å². The number of nitrogens with one attached hydrogen (secondary N) is 1. The molecule has 2 atom stereocenters. The van der Waals surface area contributed by atoms with Crippen molar-refractivity contribution in [1.29, 1.82) is 0 Å². The molecule has 5 heteroatoms. The lowest BCUT2D eigenvalue weighted by Crippen LogP contribution is -2.54. The number of nitrogens with zero attached hydrogens (tertiary/aromatic N) is 1. The van der Waals surface area contributed by atoms with Gasteiger partial charge in [-0.1, -0.05) is 6.42 Å². The van der Waals surface area contributed by atoms with E-state index in [1.807, 2.05) is 5.01 Å². The summed E-state index contributed by atoms with van der Waals surface area (Å²) < 4.78 is 5.09. The summed E-state index contributed by atoms with van der Waals surface area (Å²) in [7, 11) is 0. The van der Waals surface area contributed by atoms with Crippen molar-refractivity contribution in [2.75, 3.05) is 19.8 Å². The number of amides is 1. The largest absolute Gasteiger partial charge is 0.370 e. The first-order valence-corrected chi connectivity index (χ1v) is 6.00. The van der Waals surface area contributed by atoms with Crippen LogP contribution in [0.3, 0.4) is 0 Å². The third-order valence-electron chi connectivity index (χ3n) is 2.94. The summed E-state index contributed by atoms with van der Waals surface area (Å²) in [6.07, 6.45) is 3.50. The summed E-state index contributed by atoms with van der Waals surface area (Å²) in [6, 6.07) is 0.810. The molecule has 1 rings (SSSR count). The van der Waals surface area contributed by atoms with E-state index < -0.39 is 0 Å². The Morgan fingerprint density at radius 1 is 1.44 bits per heavy atom. The molecular weight excluding hydrogens is 206 g/mol. The predicted octanol–water partition coefficient (Wildman–Crippen LogP) is 0.256. The Labute approximate surface area is 97.3 Å². The molecule has 5 nitrogen and oxygen atoms in total. The predicted molar refractivity (Wildman–Crippen MR) is 62.6 cm³/mol. The van der Waals surface area contributed by atoms with Crippen LogP contribution in [-0.4, -0.2) is 42.8 Å². The molecule has 1 aliphatic rings. The molecule has 0 saturated carbocycles. The SMILES string of the molecule is CC1CCCC(C)N1NC(=O)COCCN. The summed E-state index contributed by atoms with van der Waals surface area (Å²) in [5.41, 5.74) is 8.18. The summed E-state index contributed by atoms with van der Waals surface area (Å²) in [5.74, 6) is -0.0888. The summed E-state index contributed by atoms with van der Waals surface area (Å²) in [6.45, 7) is 5.24. The van der Waals surface area contributed by atoms with Crippen molar-refractivity contribution in [1.82, 2.24) is 10.4 Å². The van der Waals surface area contributed by atoms with E-state index in [1.165, 1.54) is 6.42 Å². The summed E-state index contributed by atoms with van der Waals surface area (Å²) >= 11 is 0. The number of hydrogen-bond donors (Lipinski definition) is 2. The van der Waals surface area contributed by atoms with E-state index in [0.717, 1.165) is 12.8 Å².